The fourth-order valence-electron chi connectivity index (χ4n) is 1.76. The van der Waals surface area contributed by atoms with Crippen LogP contribution in [-0.4, -0.2) is 27.6 Å². The Hall–Kier alpha value is -1.89. The second kappa shape index (κ2) is 7.04. The molecule has 0 aliphatic heterocycles. The first-order chi connectivity index (χ1) is 9.69. The molecule has 0 aliphatic carbocycles. The van der Waals surface area contributed by atoms with Crippen LogP contribution in [0, 0.1) is 0 Å². The van der Waals surface area contributed by atoms with E-state index >= 15 is 0 Å². The van der Waals surface area contributed by atoms with Gasteiger partial charge < -0.3 is 10.6 Å². The number of anilines is 2. The van der Waals surface area contributed by atoms with Crippen LogP contribution < -0.4 is 10.6 Å². The van der Waals surface area contributed by atoms with E-state index in [2.05, 4.69) is 41.7 Å². The average molecular weight is 338 g/mol. The summed E-state index contributed by atoms with van der Waals surface area (Å²) >= 11 is 3.41. The lowest BCUT2D eigenvalue weighted by atomic mass is 10.2. The first kappa shape index (κ1) is 14.5. The van der Waals surface area contributed by atoms with Gasteiger partial charge in [0.1, 0.15) is 12.2 Å². The van der Waals surface area contributed by atoms with E-state index in [1.807, 2.05) is 25.1 Å². The van der Waals surface area contributed by atoms with E-state index in [4.69, 9.17) is 0 Å². The number of hydrogen-bond donors (Lipinski definition) is 3. The fourth-order valence-corrected chi connectivity index (χ4v) is 2.12. The maximum Gasteiger partial charge on any atom is 0.224 e. The summed E-state index contributed by atoms with van der Waals surface area (Å²) in [7, 11) is 0. The number of rotatable bonds is 6. The Morgan fingerprint density at radius 1 is 1.40 bits per heavy atom. The number of nitrogens with zero attached hydrogens (tertiary/aromatic N) is 2. The number of carbonyl (C=O) groups excluding carboxylic acids is 1. The van der Waals surface area contributed by atoms with Crippen molar-refractivity contribution in [2.75, 3.05) is 17.2 Å². The molecule has 1 amide bonds. The monoisotopic (exact) mass is 337 g/mol. The summed E-state index contributed by atoms with van der Waals surface area (Å²) in [5.41, 5.74) is 1.67. The maximum absolute atomic E-state index is 12.0. The molecule has 0 aliphatic rings. The number of nitrogens with one attached hydrogen (secondary N) is 3. The summed E-state index contributed by atoms with van der Waals surface area (Å²) in [6, 6.07) is 5.74. The van der Waals surface area contributed by atoms with Gasteiger partial charge in [-0.05, 0) is 25.1 Å². The number of aromatic amines is 1. The summed E-state index contributed by atoms with van der Waals surface area (Å²) in [6.07, 6.45) is 2.33. The first-order valence-electron chi connectivity index (χ1n) is 6.36. The van der Waals surface area contributed by atoms with Gasteiger partial charge in [-0.25, -0.2) is 4.98 Å². The van der Waals surface area contributed by atoms with Gasteiger partial charge in [-0.2, -0.15) is 5.10 Å². The van der Waals surface area contributed by atoms with Crippen LogP contribution >= 0.6 is 15.9 Å². The number of benzene rings is 1. The Balaban J connectivity index is 1.97. The van der Waals surface area contributed by atoms with Crippen molar-refractivity contribution in [3.05, 3.63) is 34.8 Å². The number of halogens is 1. The van der Waals surface area contributed by atoms with Gasteiger partial charge in [-0.3, -0.25) is 9.89 Å². The van der Waals surface area contributed by atoms with E-state index in [0.29, 0.717) is 18.7 Å². The molecule has 106 valence electrons. The molecule has 3 N–H and O–H groups in total. The number of aryl methyl sites for hydroxylation is 1. The molecule has 1 aromatic carbocycles. The first-order valence-corrected chi connectivity index (χ1v) is 7.16. The van der Waals surface area contributed by atoms with Crippen molar-refractivity contribution in [3.63, 3.8) is 0 Å². The molecule has 1 heterocycles. The van der Waals surface area contributed by atoms with Gasteiger partial charge >= 0.3 is 0 Å². The molecule has 0 atom stereocenters. The molecule has 0 saturated heterocycles. The van der Waals surface area contributed by atoms with Gasteiger partial charge in [-0.1, -0.05) is 15.9 Å². The van der Waals surface area contributed by atoms with Crippen LogP contribution in [0.4, 0.5) is 11.4 Å². The zero-order chi connectivity index (χ0) is 14.4. The van der Waals surface area contributed by atoms with E-state index < -0.39 is 0 Å². The molecule has 0 radical (unpaired) electrons. The highest BCUT2D eigenvalue weighted by molar-refractivity contribution is 9.10. The largest absolute Gasteiger partial charge is 0.384 e. The predicted molar refractivity (Wildman–Crippen MR) is 81.6 cm³/mol. The van der Waals surface area contributed by atoms with Gasteiger partial charge in [0.05, 0.1) is 11.4 Å². The van der Waals surface area contributed by atoms with Crippen molar-refractivity contribution in [2.24, 2.45) is 0 Å². The van der Waals surface area contributed by atoms with E-state index in [0.717, 1.165) is 22.4 Å². The molecule has 0 bridgehead atoms. The fraction of sp³-hybridized carbons (Fsp3) is 0.308. The normalized spacial score (nSPS) is 10.3. The number of H-pyrrole nitrogens is 1. The van der Waals surface area contributed by atoms with Crippen LogP contribution in [0.25, 0.3) is 0 Å². The lowest BCUT2D eigenvalue weighted by Crippen LogP contribution is -2.14. The standard InChI is InChI=1S/C13H16BrN5O/c1-2-15-10-4-3-9(14)7-11(10)18-13(20)6-5-12-16-8-17-19-12/h3-4,7-8,15H,2,5-6H2,1H3,(H,18,20)(H,16,17,19). The molecule has 0 spiro atoms. The van der Waals surface area contributed by atoms with E-state index in [9.17, 15) is 4.79 Å². The van der Waals surface area contributed by atoms with Crippen LogP contribution in [0.3, 0.4) is 0 Å². The van der Waals surface area contributed by atoms with E-state index in [1.165, 1.54) is 6.33 Å². The Morgan fingerprint density at radius 3 is 2.95 bits per heavy atom. The number of amides is 1. The Morgan fingerprint density at radius 2 is 2.25 bits per heavy atom. The van der Waals surface area contributed by atoms with Crippen molar-refractivity contribution in [2.45, 2.75) is 19.8 Å². The minimum absolute atomic E-state index is 0.0568. The van der Waals surface area contributed by atoms with Gasteiger partial charge in [0.15, 0.2) is 0 Å². The summed E-state index contributed by atoms with van der Waals surface area (Å²) in [6.45, 7) is 2.81. The van der Waals surface area contributed by atoms with Crippen molar-refractivity contribution in [1.29, 1.82) is 0 Å². The Kier molecular flexibility index (Phi) is 5.11. The lowest BCUT2D eigenvalue weighted by molar-refractivity contribution is -0.116. The number of aromatic nitrogens is 3. The van der Waals surface area contributed by atoms with Crippen molar-refractivity contribution in [3.8, 4) is 0 Å². The minimum Gasteiger partial charge on any atom is -0.384 e. The third-order valence-corrected chi connectivity index (χ3v) is 3.17. The molecule has 2 rings (SSSR count). The molecule has 2 aromatic rings. The highest BCUT2D eigenvalue weighted by Gasteiger charge is 2.08. The highest BCUT2D eigenvalue weighted by atomic mass is 79.9. The summed E-state index contributed by atoms with van der Waals surface area (Å²) in [5, 5.41) is 12.6. The van der Waals surface area contributed by atoms with Crippen molar-refractivity contribution >= 4 is 33.2 Å². The third kappa shape index (κ3) is 4.06. The highest BCUT2D eigenvalue weighted by Crippen LogP contribution is 2.26. The van der Waals surface area contributed by atoms with Gasteiger partial charge in [-0.15, -0.1) is 0 Å². The van der Waals surface area contributed by atoms with Crippen LogP contribution in [0.2, 0.25) is 0 Å². The number of carbonyl (C=O) groups is 1. The van der Waals surface area contributed by atoms with Crippen LogP contribution in [0.15, 0.2) is 29.0 Å². The van der Waals surface area contributed by atoms with Crippen molar-refractivity contribution < 1.29 is 4.79 Å². The summed E-state index contributed by atoms with van der Waals surface area (Å²) in [5.74, 6) is 0.653. The smallest absolute Gasteiger partial charge is 0.224 e. The predicted octanol–water partition coefficient (Wildman–Crippen LogP) is 2.57. The summed E-state index contributed by atoms with van der Waals surface area (Å²) in [4.78, 5) is 15.9. The topological polar surface area (TPSA) is 82.7 Å². The molecule has 0 unspecified atom stereocenters. The van der Waals surface area contributed by atoms with Gasteiger partial charge in [0, 0.05) is 23.9 Å². The van der Waals surface area contributed by atoms with Gasteiger partial charge in [0.25, 0.3) is 0 Å². The summed E-state index contributed by atoms with van der Waals surface area (Å²) < 4.78 is 0.921. The quantitative estimate of drug-likeness (QED) is 0.756. The lowest BCUT2D eigenvalue weighted by Gasteiger charge is -2.12. The van der Waals surface area contributed by atoms with Crippen LogP contribution in [0.1, 0.15) is 19.2 Å². The maximum atomic E-state index is 12.0. The van der Waals surface area contributed by atoms with E-state index in [-0.39, 0.29) is 5.91 Å². The molecular weight excluding hydrogens is 322 g/mol. The van der Waals surface area contributed by atoms with Crippen LogP contribution in [-0.2, 0) is 11.2 Å². The molecular formula is C13H16BrN5O. The van der Waals surface area contributed by atoms with Crippen LogP contribution in [0.5, 0.6) is 0 Å². The number of hydrogen-bond acceptors (Lipinski definition) is 4. The molecule has 0 fully saturated rings. The Bertz CT molecular complexity index is 570. The third-order valence-electron chi connectivity index (χ3n) is 2.68. The van der Waals surface area contributed by atoms with Gasteiger partial charge in [0.2, 0.25) is 5.91 Å². The Labute approximate surface area is 125 Å². The zero-order valence-electron chi connectivity index (χ0n) is 11.1. The molecule has 0 saturated carbocycles. The minimum atomic E-state index is -0.0568. The average Bonchev–Trinajstić information content (AvgIpc) is 2.93. The second-order valence-corrected chi connectivity index (χ2v) is 5.12. The molecule has 6 nitrogen and oxygen atoms in total. The van der Waals surface area contributed by atoms with E-state index in [1.54, 1.807) is 0 Å². The zero-order valence-corrected chi connectivity index (χ0v) is 12.7. The molecule has 20 heavy (non-hydrogen) atoms. The molecule has 1 aromatic heterocycles. The van der Waals surface area contributed by atoms with Crippen molar-refractivity contribution in [1.82, 2.24) is 15.2 Å². The molecule has 7 heteroatoms. The SMILES string of the molecule is CCNc1ccc(Br)cc1NC(=O)CCc1ncn[nH]1. The second-order valence-electron chi connectivity index (χ2n) is 4.20.